The van der Waals surface area contributed by atoms with Crippen molar-refractivity contribution in [3.63, 3.8) is 0 Å². The van der Waals surface area contributed by atoms with Gasteiger partial charge in [-0.1, -0.05) is 36.0 Å². The Kier molecular flexibility index (Phi) is 6.24. The van der Waals surface area contributed by atoms with Crippen LogP contribution in [0.2, 0.25) is 0 Å². The number of rotatable bonds is 7. The van der Waals surface area contributed by atoms with Gasteiger partial charge in [-0.2, -0.15) is 0 Å². The maximum Gasteiger partial charge on any atom is 0.240 e. The Balaban J connectivity index is 2.11. The topological polar surface area (TPSA) is 67.2 Å². The van der Waals surface area contributed by atoms with Crippen LogP contribution < -0.4 is 5.32 Å². The van der Waals surface area contributed by atoms with Crippen LogP contribution in [0.3, 0.4) is 0 Å². The molecule has 0 aliphatic carbocycles. The summed E-state index contributed by atoms with van der Waals surface area (Å²) in [5.41, 5.74) is 3.12. The lowest BCUT2D eigenvalue weighted by molar-refractivity contribution is -0.122. The number of aryl methyl sites for hydroxylation is 1. The van der Waals surface area contributed by atoms with E-state index in [2.05, 4.69) is 29.4 Å². The molecule has 0 bridgehead atoms. The molecule has 0 fully saturated rings. The number of aliphatic hydroxyl groups excluding tert-OH is 1. The zero-order chi connectivity index (χ0) is 16.8. The third kappa shape index (κ3) is 4.84. The van der Waals surface area contributed by atoms with Crippen molar-refractivity contribution in [2.24, 2.45) is 0 Å². The number of benzene rings is 1. The highest BCUT2D eigenvalue weighted by Crippen LogP contribution is 2.24. The second kappa shape index (κ2) is 8.17. The number of aromatic nitrogens is 2. The minimum Gasteiger partial charge on any atom is -0.390 e. The number of nitrogens with zero attached hydrogens (tertiary/aromatic N) is 2. The fourth-order valence-electron chi connectivity index (χ4n) is 2.23. The molecule has 1 aromatic heterocycles. The highest BCUT2D eigenvalue weighted by molar-refractivity contribution is 7.98. The zero-order valence-electron chi connectivity index (χ0n) is 13.7. The van der Waals surface area contributed by atoms with Gasteiger partial charge in [0.1, 0.15) is 6.54 Å². The molecule has 5 nitrogen and oxygen atoms in total. The van der Waals surface area contributed by atoms with Crippen molar-refractivity contribution >= 4 is 17.7 Å². The molecule has 1 aromatic carbocycles. The van der Waals surface area contributed by atoms with E-state index in [1.807, 2.05) is 26.0 Å². The molecular formula is C17H23N3O2S. The molecule has 23 heavy (non-hydrogen) atoms. The summed E-state index contributed by atoms with van der Waals surface area (Å²) in [7, 11) is 0. The zero-order valence-corrected chi connectivity index (χ0v) is 14.6. The number of thioether (sulfide) groups is 1. The molecule has 2 N–H and O–H groups in total. The third-order valence-electron chi connectivity index (χ3n) is 3.43. The van der Waals surface area contributed by atoms with Gasteiger partial charge < -0.3 is 15.0 Å². The van der Waals surface area contributed by atoms with Crippen LogP contribution in [0.5, 0.6) is 0 Å². The first-order chi connectivity index (χ1) is 11.0. The molecule has 0 aliphatic rings. The summed E-state index contributed by atoms with van der Waals surface area (Å²) in [4.78, 5) is 16.4. The Morgan fingerprint density at radius 1 is 1.39 bits per heavy atom. The van der Waals surface area contributed by atoms with Gasteiger partial charge in [-0.15, -0.1) is 0 Å². The quantitative estimate of drug-likeness (QED) is 0.764. The first kappa shape index (κ1) is 17.6. The predicted molar refractivity (Wildman–Crippen MR) is 92.2 cm³/mol. The Hall–Kier alpha value is -1.79. The van der Waals surface area contributed by atoms with Gasteiger partial charge in [-0.3, -0.25) is 4.79 Å². The molecule has 0 atom stereocenters. The lowest BCUT2D eigenvalue weighted by Gasteiger charge is -2.13. The maximum absolute atomic E-state index is 12.0. The van der Waals surface area contributed by atoms with Gasteiger partial charge in [0, 0.05) is 11.8 Å². The van der Waals surface area contributed by atoms with Crippen molar-refractivity contribution in [1.82, 2.24) is 14.9 Å². The molecular weight excluding hydrogens is 310 g/mol. The van der Waals surface area contributed by atoms with Gasteiger partial charge >= 0.3 is 0 Å². The van der Waals surface area contributed by atoms with Crippen LogP contribution >= 0.6 is 11.8 Å². The van der Waals surface area contributed by atoms with Gasteiger partial charge in [0.15, 0.2) is 5.16 Å². The number of hydrogen-bond donors (Lipinski definition) is 2. The van der Waals surface area contributed by atoms with E-state index >= 15 is 0 Å². The minimum absolute atomic E-state index is 0.0783. The average Bonchev–Trinajstić information content (AvgIpc) is 2.87. The van der Waals surface area contributed by atoms with E-state index in [1.165, 1.54) is 11.1 Å². The maximum atomic E-state index is 12.0. The van der Waals surface area contributed by atoms with Crippen LogP contribution in [-0.2, 0) is 23.7 Å². The van der Waals surface area contributed by atoms with E-state index in [-0.39, 0.29) is 25.1 Å². The van der Waals surface area contributed by atoms with E-state index in [0.717, 1.165) is 10.9 Å². The highest BCUT2D eigenvalue weighted by atomic mass is 32.2. The van der Waals surface area contributed by atoms with Crippen LogP contribution in [0.1, 0.15) is 30.7 Å². The number of aliphatic hydroxyl groups is 1. The molecule has 1 amide bonds. The van der Waals surface area contributed by atoms with Crippen LogP contribution in [0, 0.1) is 6.92 Å². The van der Waals surface area contributed by atoms with Gasteiger partial charge in [-0.25, -0.2) is 4.98 Å². The van der Waals surface area contributed by atoms with Crippen molar-refractivity contribution in [2.45, 2.75) is 50.9 Å². The van der Waals surface area contributed by atoms with Crippen LogP contribution in [-0.4, -0.2) is 26.6 Å². The van der Waals surface area contributed by atoms with Gasteiger partial charge in [0.05, 0.1) is 18.5 Å². The van der Waals surface area contributed by atoms with E-state index in [4.69, 9.17) is 0 Å². The van der Waals surface area contributed by atoms with E-state index in [0.29, 0.717) is 5.69 Å². The van der Waals surface area contributed by atoms with Crippen LogP contribution in [0.4, 0.5) is 0 Å². The number of hydrogen-bond acceptors (Lipinski definition) is 4. The largest absolute Gasteiger partial charge is 0.390 e. The molecule has 0 radical (unpaired) electrons. The lowest BCUT2D eigenvalue weighted by atomic mass is 10.1. The second-order valence-electron chi connectivity index (χ2n) is 5.71. The SMILES string of the molecule is Cc1ccccc1CSc1ncc(CO)n1CC(=O)NC(C)C. The van der Waals surface area contributed by atoms with Crippen LogP contribution in [0.15, 0.2) is 35.6 Å². The molecule has 0 spiro atoms. The van der Waals surface area contributed by atoms with Crippen molar-refractivity contribution in [3.05, 3.63) is 47.3 Å². The summed E-state index contributed by atoms with van der Waals surface area (Å²) in [6.45, 7) is 5.97. The molecule has 0 unspecified atom stereocenters. The summed E-state index contributed by atoms with van der Waals surface area (Å²) in [5.74, 6) is 0.700. The first-order valence-electron chi connectivity index (χ1n) is 7.63. The summed E-state index contributed by atoms with van der Waals surface area (Å²) < 4.78 is 1.78. The van der Waals surface area contributed by atoms with Crippen molar-refractivity contribution in [2.75, 3.05) is 0 Å². The normalized spacial score (nSPS) is 11.0. The van der Waals surface area contributed by atoms with Gasteiger partial charge in [0.25, 0.3) is 0 Å². The molecule has 2 aromatic rings. The molecule has 6 heteroatoms. The Morgan fingerprint density at radius 3 is 2.78 bits per heavy atom. The molecule has 2 rings (SSSR count). The van der Waals surface area contributed by atoms with Crippen molar-refractivity contribution in [3.8, 4) is 0 Å². The molecule has 0 saturated heterocycles. The predicted octanol–water partition coefficient (Wildman–Crippen LogP) is 2.50. The van der Waals surface area contributed by atoms with Crippen molar-refractivity contribution < 1.29 is 9.90 Å². The Labute approximate surface area is 141 Å². The fourth-order valence-corrected chi connectivity index (χ4v) is 3.30. The van der Waals surface area contributed by atoms with Crippen LogP contribution in [0.25, 0.3) is 0 Å². The summed E-state index contributed by atoms with van der Waals surface area (Å²) in [6.07, 6.45) is 1.63. The first-order valence-corrected chi connectivity index (χ1v) is 8.61. The van der Waals surface area contributed by atoms with Crippen molar-refractivity contribution in [1.29, 1.82) is 0 Å². The summed E-state index contributed by atoms with van der Waals surface area (Å²) in [5, 5.41) is 13.1. The average molecular weight is 333 g/mol. The Bertz CT molecular complexity index is 668. The number of amides is 1. The molecule has 0 aliphatic heterocycles. The standard InChI is InChI=1S/C17H23N3O2S/c1-12(2)19-16(22)9-20-15(10-21)8-18-17(20)23-11-14-7-5-4-6-13(14)3/h4-8,12,21H,9-11H2,1-3H3,(H,19,22). The smallest absolute Gasteiger partial charge is 0.240 e. The van der Waals surface area contributed by atoms with E-state index < -0.39 is 0 Å². The van der Waals surface area contributed by atoms with E-state index in [9.17, 15) is 9.90 Å². The van der Waals surface area contributed by atoms with E-state index in [1.54, 1.807) is 22.5 Å². The number of carbonyl (C=O) groups is 1. The lowest BCUT2D eigenvalue weighted by Crippen LogP contribution is -2.33. The second-order valence-corrected chi connectivity index (χ2v) is 6.66. The number of imidazole rings is 1. The molecule has 0 saturated carbocycles. The summed E-state index contributed by atoms with van der Waals surface area (Å²) in [6, 6.07) is 8.30. The fraction of sp³-hybridized carbons (Fsp3) is 0.412. The highest BCUT2D eigenvalue weighted by Gasteiger charge is 2.14. The van der Waals surface area contributed by atoms with Gasteiger partial charge in [0.2, 0.25) is 5.91 Å². The third-order valence-corrected chi connectivity index (χ3v) is 4.47. The monoisotopic (exact) mass is 333 g/mol. The number of nitrogens with one attached hydrogen (secondary N) is 1. The Morgan fingerprint density at radius 2 is 2.13 bits per heavy atom. The molecule has 1 heterocycles. The summed E-state index contributed by atoms with van der Waals surface area (Å²) >= 11 is 1.57. The molecule has 124 valence electrons. The van der Waals surface area contributed by atoms with Gasteiger partial charge in [-0.05, 0) is 31.9 Å². The number of carbonyl (C=O) groups excluding carboxylic acids is 1. The minimum atomic E-state index is -0.132.